The van der Waals surface area contributed by atoms with Gasteiger partial charge in [-0.1, -0.05) is 12.1 Å². The molecule has 1 radical (unpaired) electrons. The van der Waals surface area contributed by atoms with E-state index in [2.05, 4.69) is 0 Å². The third-order valence-electron chi connectivity index (χ3n) is 1.77. The van der Waals surface area contributed by atoms with Gasteiger partial charge in [-0.3, -0.25) is 14.8 Å². The van der Waals surface area contributed by atoms with Gasteiger partial charge in [0.05, 0.1) is 11.1 Å². The first kappa shape index (κ1) is 11.3. The Morgan fingerprint density at radius 3 is 1.71 bits per heavy atom. The zero-order chi connectivity index (χ0) is 8.72. The maximum Gasteiger partial charge on any atom is 0.285 e. The van der Waals surface area contributed by atoms with Gasteiger partial charge in [-0.25, -0.2) is 0 Å². The van der Waals surface area contributed by atoms with Crippen molar-refractivity contribution in [2.75, 3.05) is 0 Å². The minimum absolute atomic E-state index is 0. The summed E-state index contributed by atoms with van der Waals surface area (Å²) in [5, 5.41) is 9.05. The summed E-state index contributed by atoms with van der Waals surface area (Å²) in [6, 6.07) is 6.30. The Morgan fingerprint density at radius 1 is 1.00 bits per heavy atom. The average molecular weight is 430 g/mol. The molecule has 0 saturated carbocycles. The van der Waals surface area contributed by atoms with Gasteiger partial charge in [0.2, 0.25) is 0 Å². The number of amides is 2. The Morgan fingerprint density at radius 2 is 1.36 bits per heavy atom. The second-order valence-electron chi connectivity index (χ2n) is 2.47. The molecule has 5 heteroatoms. The molecule has 0 aliphatic carbocycles. The number of hydrogen-bond acceptors (Lipinski definition) is 3. The fourth-order valence-electron chi connectivity index (χ4n) is 1.18. The first-order valence-electron chi connectivity index (χ1n) is 3.38. The summed E-state index contributed by atoms with van der Waals surface area (Å²) >= 11 is 0. The molecule has 4 nitrogen and oxygen atoms in total. The molecule has 1 aliphatic rings. The van der Waals surface area contributed by atoms with Crippen molar-refractivity contribution in [2.24, 2.45) is 0 Å². The van der Waals surface area contributed by atoms with Gasteiger partial charge in [-0.2, -0.15) is 0 Å². The molecule has 0 fully saturated rings. The molecule has 2 amide bonds. The van der Waals surface area contributed by atoms with Crippen LogP contribution in [0.5, 0.6) is 0 Å². The van der Waals surface area contributed by atoms with Crippen molar-refractivity contribution in [3.8, 4) is 0 Å². The average Bonchev–Trinajstić information content (AvgIpc) is 2.33. The van der Waals surface area contributed by atoms with E-state index in [1.165, 1.54) is 12.1 Å². The summed E-state index contributed by atoms with van der Waals surface area (Å²) < 4.78 is 0. The zero-order valence-corrected chi connectivity index (χ0v) is 9.83. The van der Waals surface area contributed by atoms with E-state index < -0.39 is 11.8 Å². The minimum atomic E-state index is -0.657. The quantitative estimate of drug-likeness (QED) is 0.382. The summed E-state index contributed by atoms with van der Waals surface area (Å²) in [5.41, 5.74) is 0.509. The molecule has 2 rings (SSSR count). The topological polar surface area (TPSA) is 57.6 Å². The van der Waals surface area contributed by atoms with E-state index in [9.17, 15) is 9.59 Å². The summed E-state index contributed by atoms with van der Waals surface area (Å²) in [6.07, 6.45) is 0. The molecular weight excluding hydrogens is 422 g/mol. The fraction of sp³-hybridized carbons (Fsp3) is 0. The molecule has 1 aliphatic heterocycles. The molecule has 1 aromatic rings. The maximum absolute atomic E-state index is 11.1. The van der Waals surface area contributed by atoms with E-state index in [0.717, 1.165) is 0 Å². The van der Waals surface area contributed by atoms with Crippen LogP contribution < -0.4 is 0 Å². The van der Waals surface area contributed by atoms with E-state index in [1.807, 2.05) is 0 Å². The van der Waals surface area contributed by atoms with Gasteiger partial charge in [0, 0.05) is 0 Å². The van der Waals surface area contributed by atoms with Crippen molar-refractivity contribution in [1.82, 2.24) is 5.06 Å². The van der Waals surface area contributed by atoms with Crippen LogP contribution >= 0.6 is 0 Å². The van der Waals surface area contributed by atoms with Crippen LogP contribution in [0, 0.1) is 7.43 Å². The monoisotopic (exact) mass is 430 g/mol. The van der Waals surface area contributed by atoms with Crippen molar-refractivity contribution in [2.45, 2.75) is 0 Å². The van der Waals surface area contributed by atoms with Crippen molar-refractivity contribution in [1.29, 1.82) is 0 Å². The molecule has 79 valence electrons. The Hall–Kier alpha value is -2.68. The molecule has 1 N–H and O–H groups in total. The number of hydrogen-bond donors (Lipinski definition) is 1. The van der Waals surface area contributed by atoms with E-state index >= 15 is 0 Å². The first-order valence-corrected chi connectivity index (χ1v) is 3.38. The van der Waals surface area contributed by atoms with Crippen LogP contribution in [0.15, 0.2) is 24.3 Å². The molecule has 1 heterocycles. The van der Waals surface area contributed by atoms with E-state index in [0.29, 0.717) is 0 Å². The normalized spacial score (nSPS) is 13.1. The van der Waals surface area contributed by atoms with Gasteiger partial charge in [-0.05, 0) is 12.1 Å². The van der Waals surface area contributed by atoms with Gasteiger partial charge in [0.1, 0.15) is 0 Å². The number of imide groups is 1. The number of benzene rings is 1. The molecule has 0 saturated heterocycles. The van der Waals surface area contributed by atoms with Gasteiger partial charge in [-0.15, -0.1) is 5.06 Å². The van der Waals surface area contributed by atoms with Crippen molar-refractivity contribution < 1.29 is 14.8 Å². The number of hydroxylamine groups is 2. The Kier molecular flexibility index (Phi) is 2.72. The van der Waals surface area contributed by atoms with Gasteiger partial charge in [0.25, 0.3) is 11.8 Å². The van der Waals surface area contributed by atoms with E-state index in [1.54, 1.807) is 12.1 Å². The first-order chi connectivity index (χ1) is 5.72. The Labute approximate surface area is 75.4 Å². The van der Waals surface area contributed by atoms with Gasteiger partial charge in [0.15, 0.2) is 0 Å². The maximum atomic E-state index is 11.1. The van der Waals surface area contributed by atoms with Crippen molar-refractivity contribution in [3.63, 3.8) is 0 Å². The van der Waals surface area contributed by atoms with Crippen LogP contribution in [0.1, 0.15) is 20.7 Å². The number of rotatable bonds is 0. The number of nitrogens with zero attached hydrogens (tertiary/aromatic N) is 1. The van der Waals surface area contributed by atoms with Crippen LogP contribution in [0.25, 0.3) is 0 Å². The van der Waals surface area contributed by atoms with Crippen LogP contribution in [-0.4, -0.2) is 22.1 Å². The number of fused-ring (bicyclic) bond motifs is 1. The standard InChI is InChI=1S/C8H5NO3.CH3.Es/c10-7-5-3-1-2-4-6(5)8(11)9(7)12;;/h1-4,12H;1H3;/q;-1;. The van der Waals surface area contributed by atoms with E-state index in [4.69, 9.17) is 5.21 Å². The molecule has 1 aromatic carbocycles. The summed E-state index contributed by atoms with van der Waals surface area (Å²) in [5.74, 6) is -1.31. The van der Waals surface area contributed by atoms with Crippen molar-refractivity contribution in [3.05, 3.63) is 42.8 Å². The van der Waals surface area contributed by atoms with Gasteiger partial charge >= 0.3 is 0 Å². The molecular formula is C9H8EsNO3-. The third kappa shape index (κ3) is 1.09. The van der Waals surface area contributed by atoms with Gasteiger partial charge < -0.3 is 7.43 Å². The van der Waals surface area contributed by atoms with Crippen LogP contribution in [-0.2, 0) is 0 Å². The van der Waals surface area contributed by atoms with E-state index in [-0.39, 0.29) is 23.6 Å². The predicted octanol–water partition coefficient (Wildman–Crippen LogP) is 1.12. The zero-order valence-electron chi connectivity index (χ0n) is 7.32. The molecule has 0 atom stereocenters. The molecule has 0 aromatic heterocycles. The smallest absolute Gasteiger partial charge is 0.285 e. The van der Waals surface area contributed by atoms with Crippen molar-refractivity contribution >= 4 is 11.8 Å². The summed E-state index contributed by atoms with van der Waals surface area (Å²) in [6.45, 7) is 0. The predicted molar refractivity (Wildman–Crippen MR) is 45.1 cm³/mol. The number of carbonyl (C=O) groups excluding carboxylic acids is 2. The summed E-state index contributed by atoms with van der Waals surface area (Å²) in [7, 11) is 0. The van der Waals surface area contributed by atoms with Crippen LogP contribution in [0.2, 0.25) is 0 Å². The molecule has 14 heavy (non-hydrogen) atoms. The Balaban J connectivity index is 0.000000845. The third-order valence-corrected chi connectivity index (χ3v) is 1.77. The second-order valence-corrected chi connectivity index (χ2v) is 2.47. The minimum Gasteiger partial charge on any atom is -0.358 e. The van der Waals surface area contributed by atoms with Crippen LogP contribution in [0.3, 0.4) is 0 Å². The molecule has 0 bridgehead atoms. The molecule has 0 spiro atoms. The summed E-state index contributed by atoms with van der Waals surface area (Å²) in [4.78, 5) is 22.1. The van der Waals surface area contributed by atoms with Crippen LogP contribution in [0.4, 0.5) is 0 Å². The number of carbonyl (C=O) groups is 2. The second kappa shape index (κ2) is 3.37. The Bertz CT molecular complexity index is 343. The molecule has 0 unspecified atom stereocenters. The fourth-order valence-corrected chi connectivity index (χ4v) is 1.18. The largest absolute Gasteiger partial charge is 0.358 e. The SMILES string of the molecule is O=C1c2ccccc2C(=O)N1O.[CH3-].[Es].